The van der Waals surface area contributed by atoms with Crippen LogP contribution in [0.1, 0.15) is 59.8 Å². The van der Waals surface area contributed by atoms with Crippen molar-refractivity contribution < 1.29 is 14.7 Å². The quantitative estimate of drug-likeness (QED) is 0.683. The van der Waals surface area contributed by atoms with Crippen molar-refractivity contribution in [2.75, 3.05) is 26.2 Å². The molecule has 4 atom stereocenters. The largest absolute Gasteiger partial charge is 0.480 e. The first-order valence-electron chi connectivity index (χ1n) is 10.3. The Bertz CT molecular complexity index is 483. The molecule has 1 saturated carbocycles. The van der Waals surface area contributed by atoms with Crippen molar-refractivity contribution >= 4 is 24.3 Å². The molecule has 6 nitrogen and oxygen atoms in total. The van der Waals surface area contributed by atoms with Crippen molar-refractivity contribution in [2.24, 2.45) is 11.8 Å². The molecule has 0 spiro atoms. The lowest BCUT2D eigenvalue weighted by Gasteiger charge is -2.40. The lowest BCUT2D eigenvalue weighted by molar-refractivity contribution is -0.139. The molecular weight excluding hydrogens is 366 g/mol. The van der Waals surface area contributed by atoms with Gasteiger partial charge in [0.25, 0.3) is 0 Å². The first-order chi connectivity index (χ1) is 12.3. The Morgan fingerprint density at radius 2 is 1.81 bits per heavy atom. The van der Waals surface area contributed by atoms with Crippen LogP contribution in [-0.4, -0.2) is 71.1 Å². The van der Waals surface area contributed by atoms with Gasteiger partial charge in [-0.2, -0.15) is 0 Å². The number of carboxylic acids is 1. The Morgan fingerprint density at radius 3 is 2.37 bits per heavy atom. The molecule has 0 aromatic rings. The first-order valence-corrected chi connectivity index (χ1v) is 10.3. The van der Waals surface area contributed by atoms with Gasteiger partial charge in [0.05, 0.1) is 12.6 Å². The topological polar surface area (TPSA) is 72.9 Å². The second kappa shape index (κ2) is 11.2. The fourth-order valence-corrected chi connectivity index (χ4v) is 4.57. The van der Waals surface area contributed by atoms with Gasteiger partial charge in [-0.05, 0) is 44.6 Å². The molecule has 0 aromatic heterocycles. The van der Waals surface area contributed by atoms with Crippen LogP contribution >= 0.6 is 12.4 Å². The number of halogens is 1. The molecule has 27 heavy (non-hydrogen) atoms. The summed E-state index contributed by atoms with van der Waals surface area (Å²) in [5.74, 6) is 0.597. The summed E-state index contributed by atoms with van der Waals surface area (Å²) in [6.45, 7) is 11.1. The molecule has 0 radical (unpaired) electrons. The summed E-state index contributed by atoms with van der Waals surface area (Å²) in [4.78, 5) is 28.0. The maximum Gasteiger partial charge on any atom is 0.317 e. The van der Waals surface area contributed by atoms with Crippen LogP contribution in [0.5, 0.6) is 0 Å². The van der Waals surface area contributed by atoms with Crippen LogP contribution < -0.4 is 5.32 Å². The maximum atomic E-state index is 12.7. The first kappa shape index (κ1) is 24.2. The number of likely N-dealkylation sites (tertiary alicyclic amines) is 1. The second-order valence-electron chi connectivity index (χ2n) is 8.28. The van der Waals surface area contributed by atoms with Gasteiger partial charge in [0.2, 0.25) is 5.91 Å². The third-order valence-electron chi connectivity index (χ3n) is 6.72. The number of hydrogen-bond donors (Lipinski definition) is 2. The van der Waals surface area contributed by atoms with Gasteiger partial charge in [0, 0.05) is 25.2 Å². The smallest absolute Gasteiger partial charge is 0.317 e. The van der Waals surface area contributed by atoms with E-state index < -0.39 is 5.97 Å². The normalized spacial score (nSPS) is 28.4. The molecule has 1 aliphatic carbocycles. The Kier molecular flexibility index (Phi) is 10.1. The molecule has 2 aliphatic rings. The Hall–Kier alpha value is -0.850. The highest BCUT2D eigenvalue weighted by molar-refractivity contribution is 5.85. The van der Waals surface area contributed by atoms with Crippen molar-refractivity contribution in [2.45, 2.75) is 77.9 Å². The molecule has 0 aromatic carbocycles. The van der Waals surface area contributed by atoms with Crippen LogP contribution in [0.4, 0.5) is 0 Å². The Morgan fingerprint density at radius 1 is 1.19 bits per heavy atom. The van der Waals surface area contributed by atoms with Crippen LogP contribution in [0.25, 0.3) is 0 Å². The minimum Gasteiger partial charge on any atom is -0.480 e. The third-order valence-corrected chi connectivity index (χ3v) is 6.72. The van der Waals surface area contributed by atoms with E-state index >= 15 is 0 Å². The number of carbonyl (C=O) groups excluding carboxylic acids is 1. The molecule has 7 heteroatoms. The Balaban J connectivity index is 0.00000364. The number of carbonyl (C=O) groups is 2. The van der Waals surface area contributed by atoms with Crippen molar-refractivity contribution in [3.8, 4) is 0 Å². The zero-order chi connectivity index (χ0) is 19.3. The van der Waals surface area contributed by atoms with E-state index in [4.69, 9.17) is 5.11 Å². The number of nitrogens with zero attached hydrogens (tertiary/aromatic N) is 2. The molecular formula is C20H38ClN3O3. The summed E-state index contributed by atoms with van der Waals surface area (Å²) in [7, 11) is 0. The molecule has 2 rings (SSSR count). The highest BCUT2D eigenvalue weighted by Crippen LogP contribution is 2.29. The molecule has 4 unspecified atom stereocenters. The van der Waals surface area contributed by atoms with Crippen molar-refractivity contribution in [3.05, 3.63) is 0 Å². The fourth-order valence-electron chi connectivity index (χ4n) is 4.57. The SMILES string of the molecule is CCN(CC(=O)O)C1CCN(C(C)C(=O)NC2CCCC(C)C2C)CC1.Cl. The van der Waals surface area contributed by atoms with E-state index in [1.54, 1.807) is 0 Å². The highest BCUT2D eigenvalue weighted by atomic mass is 35.5. The number of amides is 1. The molecule has 2 fully saturated rings. The van der Waals surface area contributed by atoms with E-state index in [1.807, 2.05) is 18.7 Å². The van der Waals surface area contributed by atoms with Gasteiger partial charge in [-0.15, -0.1) is 12.4 Å². The van der Waals surface area contributed by atoms with Crippen molar-refractivity contribution in [1.82, 2.24) is 15.1 Å². The molecule has 1 heterocycles. The summed E-state index contributed by atoms with van der Waals surface area (Å²) in [6, 6.07) is 0.495. The number of piperidine rings is 1. The molecule has 2 N–H and O–H groups in total. The summed E-state index contributed by atoms with van der Waals surface area (Å²) in [5, 5.41) is 12.3. The summed E-state index contributed by atoms with van der Waals surface area (Å²) < 4.78 is 0. The number of nitrogens with one attached hydrogen (secondary N) is 1. The number of hydrogen-bond acceptors (Lipinski definition) is 4. The Labute approximate surface area is 170 Å². The van der Waals surface area contributed by atoms with Crippen LogP contribution in [0.3, 0.4) is 0 Å². The number of carboxylic acid groups (broad SMARTS) is 1. The molecule has 1 amide bonds. The van der Waals surface area contributed by atoms with Crippen LogP contribution in [0.2, 0.25) is 0 Å². The van der Waals surface area contributed by atoms with E-state index in [0.717, 1.165) is 38.9 Å². The fraction of sp³-hybridized carbons (Fsp3) is 0.900. The minimum atomic E-state index is -0.766. The minimum absolute atomic E-state index is 0. The second-order valence-corrected chi connectivity index (χ2v) is 8.28. The van der Waals surface area contributed by atoms with Gasteiger partial charge in [0.1, 0.15) is 0 Å². The highest BCUT2D eigenvalue weighted by Gasteiger charge is 2.33. The third kappa shape index (κ3) is 6.61. The molecule has 1 saturated heterocycles. The summed E-state index contributed by atoms with van der Waals surface area (Å²) >= 11 is 0. The van der Waals surface area contributed by atoms with Gasteiger partial charge in [-0.25, -0.2) is 0 Å². The number of aliphatic carboxylic acids is 1. The molecule has 0 bridgehead atoms. The zero-order valence-electron chi connectivity index (χ0n) is 17.3. The van der Waals surface area contributed by atoms with Gasteiger partial charge in [0.15, 0.2) is 0 Å². The van der Waals surface area contributed by atoms with Gasteiger partial charge in [-0.3, -0.25) is 19.4 Å². The lowest BCUT2D eigenvalue weighted by atomic mass is 9.78. The van der Waals surface area contributed by atoms with E-state index in [9.17, 15) is 9.59 Å². The number of likely N-dealkylation sites (N-methyl/N-ethyl adjacent to an activating group) is 1. The zero-order valence-corrected chi connectivity index (χ0v) is 18.1. The van der Waals surface area contributed by atoms with Crippen LogP contribution in [0, 0.1) is 11.8 Å². The van der Waals surface area contributed by atoms with Gasteiger partial charge < -0.3 is 10.4 Å². The monoisotopic (exact) mass is 403 g/mol. The maximum absolute atomic E-state index is 12.7. The molecule has 1 aliphatic heterocycles. The van der Waals surface area contributed by atoms with Gasteiger partial charge in [-0.1, -0.05) is 33.6 Å². The molecule has 158 valence electrons. The van der Waals surface area contributed by atoms with E-state index in [2.05, 4.69) is 24.1 Å². The van der Waals surface area contributed by atoms with Crippen molar-refractivity contribution in [3.63, 3.8) is 0 Å². The average Bonchev–Trinajstić information content (AvgIpc) is 2.63. The van der Waals surface area contributed by atoms with Gasteiger partial charge >= 0.3 is 5.97 Å². The number of rotatable bonds is 7. The van der Waals surface area contributed by atoms with Crippen LogP contribution in [-0.2, 0) is 9.59 Å². The standard InChI is InChI=1S/C20H37N3O3.ClH/c1-5-22(13-19(24)25)17-9-11-23(12-10-17)16(4)20(26)21-18-8-6-7-14(2)15(18)3;/h14-18H,5-13H2,1-4H3,(H,21,26)(H,24,25);1H. The van der Waals surface area contributed by atoms with E-state index in [-0.39, 0.29) is 30.9 Å². The average molecular weight is 404 g/mol. The van der Waals surface area contributed by atoms with E-state index in [1.165, 1.54) is 12.8 Å². The van der Waals surface area contributed by atoms with Crippen LogP contribution in [0.15, 0.2) is 0 Å². The summed E-state index contributed by atoms with van der Waals surface area (Å²) in [6.07, 6.45) is 5.41. The van der Waals surface area contributed by atoms with Crippen molar-refractivity contribution in [1.29, 1.82) is 0 Å². The predicted octanol–water partition coefficient (Wildman–Crippen LogP) is 2.61. The van der Waals surface area contributed by atoms with E-state index in [0.29, 0.717) is 23.9 Å². The predicted molar refractivity (Wildman–Crippen MR) is 110 cm³/mol. The summed E-state index contributed by atoms with van der Waals surface area (Å²) in [5.41, 5.74) is 0. The lowest BCUT2D eigenvalue weighted by Crippen LogP contribution is -2.54.